The molecular weight excluding hydrogens is 358 g/mol. The number of thiophene rings is 1. The lowest BCUT2D eigenvalue weighted by molar-refractivity contribution is 0.0941. The topological polar surface area (TPSA) is 53.4 Å². The second-order valence-corrected chi connectivity index (χ2v) is 8.44. The zero-order valence-electron chi connectivity index (χ0n) is 16.3. The van der Waals surface area contributed by atoms with E-state index in [1.807, 2.05) is 11.7 Å². The van der Waals surface area contributed by atoms with Crippen LogP contribution in [0, 0.1) is 0 Å². The number of hydrogen-bond acceptors (Lipinski definition) is 5. The SMILES string of the molecule is CCN1CCN(CCCNC(=O)c2nn(C)c3c2CCc2sccc2-3)CC1. The maximum atomic E-state index is 12.7. The summed E-state index contributed by atoms with van der Waals surface area (Å²) in [6.07, 6.45) is 2.90. The van der Waals surface area contributed by atoms with Gasteiger partial charge in [-0.05, 0) is 43.8 Å². The van der Waals surface area contributed by atoms with Gasteiger partial charge in [-0.25, -0.2) is 0 Å². The van der Waals surface area contributed by atoms with Gasteiger partial charge in [0.05, 0.1) is 5.69 Å². The molecule has 27 heavy (non-hydrogen) atoms. The molecular formula is C20H29N5OS. The smallest absolute Gasteiger partial charge is 0.272 e. The average Bonchev–Trinajstić information content (AvgIpc) is 3.29. The highest BCUT2D eigenvalue weighted by molar-refractivity contribution is 7.10. The molecule has 146 valence electrons. The van der Waals surface area contributed by atoms with Crippen molar-refractivity contribution in [2.75, 3.05) is 45.8 Å². The number of carbonyl (C=O) groups excluding carboxylic acids is 1. The summed E-state index contributed by atoms with van der Waals surface area (Å²) in [6.45, 7) is 9.72. The van der Waals surface area contributed by atoms with E-state index in [-0.39, 0.29) is 5.91 Å². The number of amides is 1. The molecule has 7 heteroatoms. The summed E-state index contributed by atoms with van der Waals surface area (Å²) in [7, 11) is 1.94. The van der Waals surface area contributed by atoms with Crippen LogP contribution in [0.1, 0.15) is 34.3 Å². The predicted octanol–water partition coefficient (Wildman–Crippen LogP) is 2.00. The van der Waals surface area contributed by atoms with Gasteiger partial charge in [0.2, 0.25) is 0 Å². The number of aryl methyl sites for hydroxylation is 2. The summed E-state index contributed by atoms with van der Waals surface area (Å²) >= 11 is 1.80. The van der Waals surface area contributed by atoms with Crippen LogP contribution < -0.4 is 5.32 Å². The standard InChI is InChI=1S/C20H29N5OS/c1-3-24-10-12-25(13-11-24)9-4-8-21-20(26)18-16-5-6-17-15(7-14-27-17)19(16)23(2)22-18/h7,14H,3-6,8-13H2,1-2H3,(H,21,26). The molecule has 0 bridgehead atoms. The number of aromatic nitrogens is 2. The molecule has 1 N–H and O–H groups in total. The number of rotatable bonds is 6. The molecule has 0 radical (unpaired) electrons. The molecule has 4 rings (SSSR count). The van der Waals surface area contributed by atoms with Crippen LogP contribution in [0.5, 0.6) is 0 Å². The van der Waals surface area contributed by atoms with Gasteiger partial charge in [-0.2, -0.15) is 5.10 Å². The maximum Gasteiger partial charge on any atom is 0.272 e. The molecule has 0 aromatic carbocycles. The normalized spacial score (nSPS) is 17.6. The third kappa shape index (κ3) is 3.81. The highest BCUT2D eigenvalue weighted by atomic mass is 32.1. The van der Waals surface area contributed by atoms with Crippen molar-refractivity contribution in [3.8, 4) is 11.3 Å². The van der Waals surface area contributed by atoms with Crippen molar-refractivity contribution in [2.45, 2.75) is 26.2 Å². The molecule has 2 aliphatic rings. The van der Waals surface area contributed by atoms with Crippen LogP contribution in [0.15, 0.2) is 11.4 Å². The molecule has 6 nitrogen and oxygen atoms in total. The highest BCUT2D eigenvalue weighted by Crippen LogP contribution is 2.37. The van der Waals surface area contributed by atoms with Crippen molar-refractivity contribution in [1.29, 1.82) is 0 Å². The molecule has 2 aromatic rings. The maximum absolute atomic E-state index is 12.7. The van der Waals surface area contributed by atoms with Gasteiger partial charge in [-0.3, -0.25) is 9.48 Å². The second-order valence-electron chi connectivity index (χ2n) is 7.44. The van der Waals surface area contributed by atoms with Gasteiger partial charge in [0.1, 0.15) is 0 Å². The number of fused-ring (bicyclic) bond motifs is 3. The lowest BCUT2D eigenvalue weighted by Crippen LogP contribution is -2.46. The Kier molecular flexibility index (Phi) is 5.61. The molecule has 0 atom stereocenters. The van der Waals surface area contributed by atoms with Crippen molar-refractivity contribution in [3.05, 3.63) is 27.6 Å². The lowest BCUT2D eigenvalue weighted by Gasteiger charge is -2.33. The Hall–Kier alpha value is -1.70. The minimum absolute atomic E-state index is 0.0265. The van der Waals surface area contributed by atoms with Crippen LogP contribution in [-0.4, -0.2) is 71.3 Å². The molecule has 0 saturated carbocycles. The Bertz CT molecular complexity index is 803. The van der Waals surface area contributed by atoms with Crippen LogP contribution in [0.2, 0.25) is 0 Å². The molecule has 1 saturated heterocycles. The van der Waals surface area contributed by atoms with Crippen molar-refractivity contribution >= 4 is 17.2 Å². The highest BCUT2D eigenvalue weighted by Gasteiger charge is 2.27. The van der Waals surface area contributed by atoms with Crippen LogP contribution in [0.3, 0.4) is 0 Å². The first-order valence-electron chi connectivity index (χ1n) is 10.0. The monoisotopic (exact) mass is 387 g/mol. The summed E-state index contributed by atoms with van der Waals surface area (Å²) in [5, 5.41) is 9.77. The van der Waals surface area contributed by atoms with E-state index in [0.29, 0.717) is 12.2 Å². The van der Waals surface area contributed by atoms with Crippen LogP contribution in [0.4, 0.5) is 0 Å². The Labute approximate surface area is 165 Å². The molecule has 0 unspecified atom stereocenters. The van der Waals surface area contributed by atoms with E-state index in [9.17, 15) is 4.79 Å². The first kappa shape index (κ1) is 18.7. The fourth-order valence-electron chi connectivity index (χ4n) is 4.23. The molecule has 1 fully saturated rings. The average molecular weight is 388 g/mol. The molecule has 3 heterocycles. The minimum atomic E-state index is -0.0265. The van der Waals surface area contributed by atoms with Crippen molar-refractivity contribution in [3.63, 3.8) is 0 Å². The van der Waals surface area contributed by atoms with Gasteiger partial charge >= 0.3 is 0 Å². The molecule has 0 spiro atoms. The Morgan fingerprint density at radius 2 is 2.00 bits per heavy atom. The third-order valence-corrected chi connectivity index (χ3v) is 6.79. The Balaban J connectivity index is 1.31. The third-order valence-electron chi connectivity index (χ3n) is 5.81. The van der Waals surface area contributed by atoms with Crippen LogP contribution >= 0.6 is 11.3 Å². The van der Waals surface area contributed by atoms with Crippen molar-refractivity contribution < 1.29 is 4.79 Å². The van der Waals surface area contributed by atoms with E-state index in [1.165, 1.54) is 10.4 Å². The first-order chi connectivity index (χ1) is 13.2. The second kappa shape index (κ2) is 8.12. The summed E-state index contributed by atoms with van der Waals surface area (Å²) < 4.78 is 1.88. The quantitative estimate of drug-likeness (QED) is 0.771. The van der Waals surface area contributed by atoms with Gasteiger partial charge in [-0.1, -0.05) is 6.92 Å². The summed E-state index contributed by atoms with van der Waals surface area (Å²) in [6, 6.07) is 2.15. The van der Waals surface area contributed by atoms with Gasteiger partial charge in [-0.15, -0.1) is 11.3 Å². The molecule has 1 amide bonds. The number of hydrogen-bond donors (Lipinski definition) is 1. The van der Waals surface area contributed by atoms with E-state index in [2.05, 4.69) is 38.6 Å². The number of nitrogens with one attached hydrogen (secondary N) is 1. The Morgan fingerprint density at radius 3 is 2.78 bits per heavy atom. The van der Waals surface area contributed by atoms with Gasteiger partial charge in [0, 0.05) is 55.8 Å². The first-order valence-corrected chi connectivity index (χ1v) is 10.9. The number of piperazine rings is 1. The largest absolute Gasteiger partial charge is 0.351 e. The van der Waals surface area contributed by atoms with Crippen molar-refractivity contribution in [1.82, 2.24) is 24.9 Å². The van der Waals surface area contributed by atoms with Crippen LogP contribution in [-0.2, 0) is 19.9 Å². The van der Waals surface area contributed by atoms with Gasteiger partial charge < -0.3 is 15.1 Å². The number of nitrogens with zero attached hydrogens (tertiary/aromatic N) is 4. The summed E-state index contributed by atoms with van der Waals surface area (Å²) in [5.74, 6) is -0.0265. The van der Waals surface area contributed by atoms with E-state index < -0.39 is 0 Å². The molecule has 1 aliphatic heterocycles. The number of carbonyl (C=O) groups is 1. The minimum Gasteiger partial charge on any atom is -0.351 e. The lowest BCUT2D eigenvalue weighted by atomic mass is 9.94. The van der Waals surface area contributed by atoms with E-state index >= 15 is 0 Å². The van der Waals surface area contributed by atoms with Crippen molar-refractivity contribution in [2.24, 2.45) is 7.05 Å². The zero-order valence-corrected chi connectivity index (χ0v) is 17.1. The fraction of sp³-hybridized carbons (Fsp3) is 0.600. The Morgan fingerprint density at radius 1 is 1.22 bits per heavy atom. The zero-order chi connectivity index (χ0) is 18.8. The molecule has 2 aromatic heterocycles. The van der Waals surface area contributed by atoms with Gasteiger partial charge in [0.25, 0.3) is 5.91 Å². The van der Waals surface area contributed by atoms with E-state index in [0.717, 1.165) is 69.8 Å². The van der Waals surface area contributed by atoms with E-state index in [1.54, 1.807) is 11.3 Å². The summed E-state index contributed by atoms with van der Waals surface area (Å²) in [5.41, 5.74) is 4.09. The summed E-state index contributed by atoms with van der Waals surface area (Å²) in [4.78, 5) is 19.1. The molecule has 1 aliphatic carbocycles. The number of likely N-dealkylation sites (N-methyl/N-ethyl adjacent to an activating group) is 1. The van der Waals surface area contributed by atoms with Gasteiger partial charge in [0.15, 0.2) is 5.69 Å². The predicted molar refractivity (Wildman–Crippen MR) is 109 cm³/mol. The fourth-order valence-corrected chi connectivity index (χ4v) is 5.11. The van der Waals surface area contributed by atoms with Crippen LogP contribution in [0.25, 0.3) is 11.3 Å². The van der Waals surface area contributed by atoms with E-state index in [4.69, 9.17) is 0 Å².